The molecule has 5 nitrogen and oxygen atoms in total. The van der Waals surface area contributed by atoms with Crippen molar-refractivity contribution in [2.75, 3.05) is 0 Å². The minimum atomic E-state index is -0.841. The molecule has 1 atom stereocenters. The van der Waals surface area contributed by atoms with Gasteiger partial charge in [-0.1, -0.05) is 36.4 Å². The number of rotatable bonds is 4. The second-order valence-electron chi connectivity index (χ2n) is 5.44. The fourth-order valence-electron chi connectivity index (χ4n) is 2.66. The van der Waals surface area contributed by atoms with Crippen LogP contribution in [-0.4, -0.2) is 19.9 Å². The van der Waals surface area contributed by atoms with E-state index in [1.165, 1.54) is 6.33 Å². The molecule has 24 heavy (non-hydrogen) atoms. The van der Waals surface area contributed by atoms with E-state index in [1.807, 2.05) is 60.7 Å². The first-order valence-electron chi connectivity index (χ1n) is 7.58. The van der Waals surface area contributed by atoms with Gasteiger partial charge in [-0.3, -0.25) is 0 Å². The molecular weight excluding hydrogens is 302 g/mol. The van der Waals surface area contributed by atoms with Crippen molar-refractivity contribution >= 4 is 22.7 Å². The third kappa shape index (κ3) is 2.73. The van der Waals surface area contributed by atoms with Gasteiger partial charge in [-0.2, -0.15) is 5.10 Å². The predicted octanol–water partition coefficient (Wildman–Crippen LogP) is 3.76. The van der Waals surface area contributed by atoms with Gasteiger partial charge in [0.1, 0.15) is 24.3 Å². The zero-order valence-corrected chi connectivity index (χ0v) is 12.8. The monoisotopic (exact) mass is 317 g/mol. The van der Waals surface area contributed by atoms with Gasteiger partial charge in [-0.25, -0.2) is 9.67 Å². The number of aliphatic hydroxyl groups excluding tert-OH is 1. The van der Waals surface area contributed by atoms with Crippen LogP contribution in [0.15, 0.2) is 77.9 Å². The Bertz CT molecular complexity index is 972. The fraction of sp³-hybridized carbons (Fsp3) is 0.0526. The number of furan rings is 1. The van der Waals surface area contributed by atoms with Gasteiger partial charge in [0.25, 0.3) is 0 Å². The Labute approximate surface area is 138 Å². The summed E-state index contributed by atoms with van der Waals surface area (Å²) in [4.78, 5) is 3.99. The first-order chi connectivity index (χ1) is 11.8. The lowest BCUT2D eigenvalue weighted by Gasteiger charge is -2.15. The molecule has 0 saturated carbocycles. The van der Waals surface area contributed by atoms with Crippen LogP contribution in [0.2, 0.25) is 0 Å². The molecule has 118 valence electrons. The summed E-state index contributed by atoms with van der Waals surface area (Å²) in [7, 11) is 0. The Kier molecular flexibility index (Phi) is 3.69. The molecule has 4 aromatic rings. The number of fused-ring (bicyclic) bond motifs is 1. The van der Waals surface area contributed by atoms with Gasteiger partial charge in [0.2, 0.25) is 0 Å². The van der Waals surface area contributed by atoms with Crippen LogP contribution in [0.5, 0.6) is 0 Å². The van der Waals surface area contributed by atoms with E-state index in [0.717, 1.165) is 22.1 Å². The van der Waals surface area contributed by atoms with E-state index < -0.39 is 6.10 Å². The molecule has 0 saturated heterocycles. The minimum Gasteiger partial charge on any atom is -0.464 e. The molecule has 1 N–H and O–H groups in total. The van der Waals surface area contributed by atoms with Gasteiger partial charge >= 0.3 is 0 Å². The fourth-order valence-corrected chi connectivity index (χ4v) is 2.66. The van der Waals surface area contributed by atoms with Crippen molar-refractivity contribution in [1.29, 1.82) is 0 Å². The zero-order chi connectivity index (χ0) is 16.4. The van der Waals surface area contributed by atoms with Gasteiger partial charge in [-0.05, 0) is 35.4 Å². The van der Waals surface area contributed by atoms with Crippen molar-refractivity contribution in [2.24, 2.45) is 0 Å². The van der Waals surface area contributed by atoms with Crippen LogP contribution in [-0.2, 0) is 0 Å². The van der Waals surface area contributed by atoms with Crippen LogP contribution < -0.4 is 0 Å². The lowest BCUT2D eigenvalue weighted by atomic mass is 10.0. The summed E-state index contributed by atoms with van der Waals surface area (Å²) in [5.74, 6) is 0. The average molecular weight is 317 g/mol. The summed E-state index contributed by atoms with van der Waals surface area (Å²) < 4.78 is 6.94. The van der Waals surface area contributed by atoms with E-state index in [1.54, 1.807) is 17.3 Å². The second kappa shape index (κ2) is 6.14. The van der Waals surface area contributed by atoms with E-state index in [9.17, 15) is 5.11 Å². The quantitative estimate of drug-likeness (QED) is 0.622. The minimum absolute atomic E-state index is 0.626. The molecular formula is C19H15N3O2. The van der Waals surface area contributed by atoms with Crippen molar-refractivity contribution in [3.8, 4) is 0 Å². The van der Waals surface area contributed by atoms with Crippen LogP contribution >= 0.6 is 0 Å². The largest absolute Gasteiger partial charge is 0.464 e. The summed E-state index contributed by atoms with van der Waals surface area (Å²) in [6, 6.07) is 17.3. The van der Waals surface area contributed by atoms with E-state index in [4.69, 9.17) is 4.42 Å². The molecule has 4 rings (SSSR count). The maximum absolute atomic E-state index is 10.9. The van der Waals surface area contributed by atoms with Crippen molar-refractivity contribution in [2.45, 2.75) is 6.10 Å². The number of aromatic nitrogens is 3. The third-order valence-corrected chi connectivity index (χ3v) is 3.87. The van der Waals surface area contributed by atoms with Crippen molar-refractivity contribution < 1.29 is 9.52 Å². The first-order valence-corrected chi connectivity index (χ1v) is 7.58. The molecule has 0 fully saturated rings. The van der Waals surface area contributed by atoms with Gasteiger partial charge in [-0.15, -0.1) is 0 Å². The Morgan fingerprint density at radius 3 is 2.79 bits per heavy atom. The number of hydrogen-bond donors (Lipinski definition) is 1. The summed E-state index contributed by atoms with van der Waals surface area (Å²) in [6.07, 6.45) is 5.73. The molecule has 0 aliphatic rings. The normalized spacial score (nSPS) is 13.3. The summed E-state index contributed by atoms with van der Waals surface area (Å²) >= 11 is 0. The zero-order valence-electron chi connectivity index (χ0n) is 12.8. The van der Waals surface area contributed by atoms with E-state index in [2.05, 4.69) is 10.1 Å². The summed E-state index contributed by atoms with van der Waals surface area (Å²) in [5.41, 5.74) is 3.16. The molecule has 2 aromatic carbocycles. The van der Waals surface area contributed by atoms with E-state index >= 15 is 0 Å². The van der Waals surface area contributed by atoms with Crippen molar-refractivity contribution in [1.82, 2.24) is 14.8 Å². The predicted molar refractivity (Wildman–Crippen MR) is 91.8 cm³/mol. The molecule has 0 aliphatic carbocycles. The third-order valence-electron chi connectivity index (χ3n) is 3.87. The first kappa shape index (κ1) is 14.4. The Hall–Kier alpha value is -3.18. The van der Waals surface area contributed by atoms with Crippen LogP contribution in [0.4, 0.5) is 0 Å². The summed E-state index contributed by atoms with van der Waals surface area (Å²) in [5, 5.41) is 16.0. The van der Waals surface area contributed by atoms with Gasteiger partial charge in [0.15, 0.2) is 0 Å². The standard InChI is InChI=1S/C19H15N3O2/c23-19(16-6-7-18-15(11-16)8-9-24-18)17(22-13-20-12-21-22)10-14-4-2-1-3-5-14/h1-13,19,23H. The van der Waals surface area contributed by atoms with Crippen LogP contribution in [0, 0.1) is 0 Å². The van der Waals surface area contributed by atoms with Crippen LogP contribution in [0.3, 0.4) is 0 Å². The Balaban J connectivity index is 1.79. The molecule has 0 aliphatic heterocycles. The molecule has 2 aromatic heterocycles. The number of benzene rings is 2. The van der Waals surface area contributed by atoms with E-state index in [0.29, 0.717) is 5.70 Å². The van der Waals surface area contributed by atoms with Crippen LogP contribution in [0.25, 0.3) is 22.7 Å². The molecule has 0 bridgehead atoms. The van der Waals surface area contributed by atoms with Crippen molar-refractivity contribution in [3.05, 3.63) is 84.6 Å². The molecule has 5 heteroatoms. The highest BCUT2D eigenvalue weighted by Gasteiger charge is 2.17. The Morgan fingerprint density at radius 1 is 1.12 bits per heavy atom. The topological polar surface area (TPSA) is 64.1 Å². The average Bonchev–Trinajstić information content (AvgIpc) is 3.30. The highest BCUT2D eigenvalue weighted by atomic mass is 16.3. The lowest BCUT2D eigenvalue weighted by Crippen LogP contribution is -2.08. The molecule has 2 heterocycles. The van der Waals surface area contributed by atoms with Crippen LogP contribution in [0.1, 0.15) is 17.2 Å². The molecule has 1 unspecified atom stereocenters. The SMILES string of the molecule is OC(C(=Cc1ccccc1)n1cncn1)c1ccc2occc2c1. The summed E-state index contributed by atoms with van der Waals surface area (Å²) in [6.45, 7) is 0. The maximum Gasteiger partial charge on any atom is 0.138 e. The van der Waals surface area contributed by atoms with Gasteiger partial charge in [0.05, 0.1) is 12.0 Å². The molecule has 0 amide bonds. The maximum atomic E-state index is 10.9. The van der Waals surface area contributed by atoms with Crippen molar-refractivity contribution in [3.63, 3.8) is 0 Å². The lowest BCUT2D eigenvalue weighted by molar-refractivity contribution is 0.231. The van der Waals surface area contributed by atoms with Gasteiger partial charge < -0.3 is 9.52 Å². The highest BCUT2D eigenvalue weighted by molar-refractivity contribution is 5.80. The highest BCUT2D eigenvalue weighted by Crippen LogP contribution is 2.29. The Morgan fingerprint density at radius 2 is 2.00 bits per heavy atom. The number of aliphatic hydroxyl groups is 1. The molecule has 0 radical (unpaired) electrons. The number of hydrogen-bond acceptors (Lipinski definition) is 4. The van der Waals surface area contributed by atoms with E-state index in [-0.39, 0.29) is 0 Å². The smallest absolute Gasteiger partial charge is 0.138 e. The molecule has 0 spiro atoms. The second-order valence-corrected chi connectivity index (χ2v) is 5.44. The van der Waals surface area contributed by atoms with Gasteiger partial charge in [0, 0.05) is 5.39 Å². The number of nitrogens with zero attached hydrogens (tertiary/aromatic N) is 3.